The Morgan fingerprint density at radius 3 is 2.80 bits per heavy atom. The van der Waals surface area contributed by atoms with Crippen LogP contribution >= 0.6 is 39.1 Å². The highest BCUT2D eigenvalue weighted by molar-refractivity contribution is 9.10. The number of H-pyrrole nitrogens is 1. The zero-order valence-electron chi connectivity index (χ0n) is 9.98. The van der Waals surface area contributed by atoms with Gasteiger partial charge in [0.15, 0.2) is 5.03 Å². The molecule has 2 rings (SSSR count). The lowest BCUT2D eigenvalue weighted by atomic mass is 10.2. The van der Waals surface area contributed by atoms with Gasteiger partial charge in [0, 0.05) is 16.3 Å². The molecule has 0 saturated heterocycles. The van der Waals surface area contributed by atoms with Crippen molar-refractivity contribution in [3.63, 3.8) is 0 Å². The molecule has 0 aliphatic heterocycles. The number of nitrogens with one attached hydrogen (secondary N) is 1. The minimum absolute atomic E-state index is 0.0377. The van der Waals surface area contributed by atoms with E-state index in [9.17, 15) is 8.42 Å². The molecule has 0 amide bonds. The maximum Gasteiger partial charge on any atom is 0.202 e. The number of benzene rings is 1. The van der Waals surface area contributed by atoms with Crippen molar-refractivity contribution < 1.29 is 8.42 Å². The molecule has 0 radical (unpaired) electrons. The van der Waals surface area contributed by atoms with Gasteiger partial charge in [-0.15, -0.1) is 0 Å². The molecule has 106 valence electrons. The van der Waals surface area contributed by atoms with E-state index in [-0.39, 0.29) is 10.8 Å². The van der Waals surface area contributed by atoms with Gasteiger partial charge in [-0.3, -0.25) is 5.10 Å². The van der Waals surface area contributed by atoms with E-state index >= 15 is 0 Å². The summed E-state index contributed by atoms with van der Waals surface area (Å²) in [5, 5.41) is 7.00. The first-order valence-corrected chi connectivity index (χ1v) is 8.64. The van der Waals surface area contributed by atoms with Gasteiger partial charge in [-0.05, 0) is 39.7 Å². The molecule has 0 aliphatic carbocycles. The molecule has 0 saturated carbocycles. The molecule has 0 atom stereocenters. The molecule has 0 spiro atoms. The first-order valence-electron chi connectivity index (χ1n) is 5.44. The lowest BCUT2D eigenvalue weighted by Crippen LogP contribution is -2.06. The Labute approximate surface area is 134 Å². The maximum absolute atomic E-state index is 12.1. The Kier molecular flexibility index (Phi) is 4.90. The van der Waals surface area contributed by atoms with Gasteiger partial charge >= 0.3 is 0 Å². The normalized spacial score (nSPS) is 12.7. The van der Waals surface area contributed by atoms with Gasteiger partial charge in [-0.1, -0.05) is 35.3 Å². The predicted octanol–water partition coefficient (Wildman–Crippen LogP) is 3.88. The van der Waals surface area contributed by atoms with Gasteiger partial charge in [0.25, 0.3) is 0 Å². The van der Waals surface area contributed by atoms with Gasteiger partial charge in [-0.2, -0.15) is 5.10 Å². The van der Waals surface area contributed by atoms with Crippen LogP contribution in [0.25, 0.3) is 5.03 Å². The van der Waals surface area contributed by atoms with E-state index in [1.807, 2.05) is 0 Å². The molecule has 20 heavy (non-hydrogen) atoms. The fourth-order valence-corrected chi connectivity index (χ4v) is 4.00. The van der Waals surface area contributed by atoms with Crippen LogP contribution in [0.5, 0.6) is 0 Å². The average molecular weight is 396 g/mol. The first kappa shape index (κ1) is 15.6. The van der Waals surface area contributed by atoms with E-state index in [0.29, 0.717) is 20.1 Å². The largest absolute Gasteiger partial charge is 0.283 e. The number of halogens is 3. The highest BCUT2D eigenvalue weighted by Gasteiger charge is 2.19. The van der Waals surface area contributed by atoms with E-state index in [0.717, 1.165) is 0 Å². The minimum atomic E-state index is -3.54. The van der Waals surface area contributed by atoms with Gasteiger partial charge in [-0.25, -0.2) is 8.42 Å². The minimum Gasteiger partial charge on any atom is -0.283 e. The number of hydrogen-bond donors (Lipinski definition) is 1. The third-order valence-corrected chi connectivity index (χ3v) is 5.42. The molecule has 1 aromatic carbocycles. The topological polar surface area (TPSA) is 62.8 Å². The van der Waals surface area contributed by atoms with Gasteiger partial charge in [0.2, 0.25) is 9.84 Å². The SMILES string of the molecule is O=S(=O)(CC=C(Cl)c1cccc(Cl)c1)c1n[nH]cc1Br. The van der Waals surface area contributed by atoms with Gasteiger partial charge in [0.1, 0.15) is 0 Å². The van der Waals surface area contributed by atoms with Crippen LogP contribution in [-0.4, -0.2) is 24.4 Å². The maximum atomic E-state index is 12.1. The number of aromatic amines is 1. The first-order chi connectivity index (χ1) is 9.40. The summed E-state index contributed by atoms with van der Waals surface area (Å²) in [6.45, 7) is 0. The number of sulfone groups is 1. The van der Waals surface area contributed by atoms with Crippen molar-refractivity contribution in [2.45, 2.75) is 5.03 Å². The van der Waals surface area contributed by atoms with Crippen LogP contribution in [0.15, 0.2) is 46.0 Å². The second-order valence-electron chi connectivity index (χ2n) is 3.88. The Morgan fingerprint density at radius 2 is 2.20 bits per heavy atom. The standard InChI is InChI=1S/C12H9BrCl2N2O2S/c13-10-7-16-17-12(10)20(18,19)5-4-11(15)8-2-1-3-9(14)6-8/h1-4,6-7H,5H2,(H,16,17). The monoisotopic (exact) mass is 394 g/mol. The van der Waals surface area contributed by atoms with Crippen molar-refractivity contribution in [3.8, 4) is 0 Å². The summed E-state index contributed by atoms with van der Waals surface area (Å²) >= 11 is 15.1. The molecule has 0 unspecified atom stereocenters. The summed E-state index contributed by atoms with van der Waals surface area (Å²) in [6.07, 6.45) is 2.87. The van der Waals surface area contributed by atoms with Crippen molar-refractivity contribution in [2.75, 3.05) is 5.75 Å². The van der Waals surface area contributed by atoms with Crippen molar-refractivity contribution in [2.24, 2.45) is 0 Å². The fourth-order valence-electron chi connectivity index (χ4n) is 1.50. The number of aromatic nitrogens is 2. The smallest absolute Gasteiger partial charge is 0.202 e. The Balaban J connectivity index is 2.23. The lowest BCUT2D eigenvalue weighted by Gasteiger charge is -2.01. The predicted molar refractivity (Wildman–Crippen MR) is 83.6 cm³/mol. The Bertz CT molecular complexity index is 756. The lowest BCUT2D eigenvalue weighted by molar-refractivity contribution is 0.594. The van der Waals surface area contributed by atoms with E-state index in [1.165, 1.54) is 12.3 Å². The molecule has 1 aromatic heterocycles. The summed E-state index contributed by atoms with van der Waals surface area (Å²) in [4.78, 5) is 0. The quantitative estimate of drug-likeness (QED) is 0.854. The van der Waals surface area contributed by atoms with Crippen LogP contribution < -0.4 is 0 Å². The summed E-state index contributed by atoms with van der Waals surface area (Å²) < 4.78 is 24.5. The van der Waals surface area contributed by atoms with Crippen LogP contribution in [0.1, 0.15) is 5.56 Å². The fraction of sp³-hybridized carbons (Fsp3) is 0.0833. The molecule has 1 N–H and O–H groups in total. The molecular weight excluding hydrogens is 387 g/mol. The average Bonchev–Trinajstić information content (AvgIpc) is 2.83. The summed E-state index contributed by atoms with van der Waals surface area (Å²) in [6, 6.07) is 6.87. The number of rotatable bonds is 4. The Morgan fingerprint density at radius 1 is 1.45 bits per heavy atom. The number of nitrogens with zero attached hydrogens (tertiary/aromatic N) is 1. The van der Waals surface area contributed by atoms with E-state index in [4.69, 9.17) is 23.2 Å². The molecular formula is C12H9BrCl2N2O2S. The zero-order chi connectivity index (χ0) is 14.8. The molecule has 0 fully saturated rings. The Hall–Kier alpha value is -0.820. The van der Waals surface area contributed by atoms with Crippen LogP contribution in [0.2, 0.25) is 5.02 Å². The number of hydrogen-bond acceptors (Lipinski definition) is 3. The van der Waals surface area contributed by atoms with Crippen LogP contribution in [0.4, 0.5) is 0 Å². The van der Waals surface area contributed by atoms with Crippen LogP contribution in [-0.2, 0) is 9.84 Å². The molecule has 4 nitrogen and oxygen atoms in total. The third-order valence-electron chi connectivity index (χ3n) is 2.44. The van der Waals surface area contributed by atoms with Gasteiger partial charge in [0.05, 0.1) is 10.2 Å². The molecule has 1 heterocycles. The summed E-state index contributed by atoms with van der Waals surface area (Å²) in [7, 11) is -3.54. The third kappa shape index (κ3) is 3.63. The van der Waals surface area contributed by atoms with E-state index in [2.05, 4.69) is 26.1 Å². The van der Waals surface area contributed by atoms with Crippen molar-refractivity contribution in [3.05, 3.63) is 51.6 Å². The second-order valence-corrected chi connectivity index (χ2v) is 7.53. The van der Waals surface area contributed by atoms with Gasteiger partial charge < -0.3 is 0 Å². The summed E-state index contributed by atoms with van der Waals surface area (Å²) in [5.74, 6) is -0.248. The second kappa shape index (κ2) is 6.30. The van der Waals surface area contributed by atoms with E-state index < -0.39 is 9.84 Å². The van der Waals surface area contributed by atoms with E-state index in [1.54, 1.807) is 24.3 Å². The van der Waals surface area contributed by atoms with Crippen molar-refractivity contribution in [1.29, 1.82) is 0 Å². The summed E-state index contributed by atoms with van der Waals surface area (Å²) in [5.41, 5.74) is 0.662. The highest BCUT2D eigenvalue weighted by atomic mass is 79.9. The molecule has 8 heteroatoms. The van der Waals surface area contributed by atoms with Crippen molar-refractivity contribution >= 4 is 54.0 Å². The van der Waals surface area contributed by atoms with Crippen LogP contribution in [0, 0.1) is 0 Å². The zero-order valence-corrected chi connectivity index (χ0v) is 13.9. The highest BCUT2D eigenvalue weighted by Crippen LogP contribution is 2.24. The van der Waals surface area contributed by atoms with Crippen molar-refractivity contribution in [1.82, 2.24) is 10.2 Å². The molecule has 2 aromatic rings. The van der Waals surface area contributed by atoms with Crippen LogP contribution in [0.3, 0.4) is 0 Å². The molecule has 0 bridgehead atoms. The molecule has 0 aliphatic rings.